The second kappa shape index (κ2) is 12.6. The summed E-state index contributed by atoms with van der Waals surface area (Å²) in [6.45, 7) is 1.75. The zero-order chi connectivity index (χ0) is 27.6. The predicted molar refractivity (Wildman–Crippen MR) is 144 cm³/mol. The number of carbonyl (C=O) groups is 1. The van der Waals surface area contributed by atoms with Crippen LogP contribution in [0.2, 0.25) is 10.0 Å². The van der Waals surface area contributed by atoms with Gasteiger partial charge in [0, 0.05) is 17.0 Å². The molecule has 0 aliphatic rings. The van der Waals surface area contributed by atoms with E-state index in [1.54, 1.807) is 43.3 Å². The number of anilines is 1. The average Bonchev–Trinajstić information content (AvgIpc) is 2.88. The molecule has 0 aromatic heterocycles. The quantitative estimate of drug-likeness (QED) is 0.189. The minimum absolute atomic E-state index is 0. The van der Waals surface area contributed by atoms with Gasteiger partial charge in [0.25, 0.3) is 16.0 Å². The minimum atomic E-state index is -4.55. The van der Waals surface area contributed by atoms with Gasteiger partial charge in [-0.15, -0.1) is 0 Å². The zero-order valence-corrected chi connectivity index (χ0v) is 25.4. The first kappa shape index (κ1) is 30.8. The third-order valence-corrected chi connectivity index (χ3v) is 7.34. The largest absolute Gasteiger partial charge is 1.00 e. The van der Waals surface area contributed by atoms with Crippen molar-refractivity contribution in [1.82, 2.24) is 0 Å². The Morgan fingerprint density at radius 3 is 2.44 bits per heavy atom. The van der Waals surface area contributed by atoms with Crippen molar-refractivity contribution < 1.29 is 57.2 Å². The smallest absolute Gasteiger partial charge is 0.870 e. The number of amides is 1. The number of nitrogens with one attached hydrogen (secondary N) is 1. The molecule has 0 heterocycles. The molecule has 4 aromatic carbocycles. The molecule has 0 spiro atoms. The Morgan fingerprint density at radius 2 is 1.77 bits per heavy atom. The van der Waals surface area contributed by atoms with Crippen LogP contribution in [0, 0.1) is 0 Å². The molecule has 2 N–H and O–H groups in total. The molecule has 4 aromatic rings. The van der Waals surface area contributed by atoms with Crippen molar-refractivity contribution in [2.45, 2.75) is 18.2 Å². The van der Waals surface area contributed by atoms with Gasteiger partial charge < -0.3 is 15.2 Å². The van der Waals surface area contributed by atoms with Gasteiger partial charge in [0.15, 0.2) is 0 Å². The van der Waals surface area contributed by atoms with Crippen molar-refractivity contribution in [1.29, 1.82) is 0 Å². The Balaban J connectivity index is 0.00000420. The Morgan fingerprint density at radius 1 is 1.05 bits per heavy atom. The third-order valence-electron chi connectivity index (χ3n) is 5.69. The van der Waals surface area contributed by atoms with Crippen LogP contribution < -0.4 is 44.7 Å². The molecule has 196 valence electrons. The van der Waals surface area contributed by atoms with E-state index in [0.29, 0.717) is 28.5 Å². The SMILES string of the molecule is CCc1cc(S(=O)(=O)O)c(Cl)cc1N=Nc1c([O-])c(C(=O)Nc2cc(OC)ccc2Cl)cc2ccccc12.[Na+]. The van der Waals surface area contributed by atoms with Crippen LogP contribution in [0.5, 0.6) is 11.5 Å². The molecule has 0 fully saturated rings. The molecule has 0 saturated heterocycles. The number of benzene rings is 4. The average molecular weight is 596 g/mol. The van der Waals surface area contributed by atoms with Crippen LogP contribution in [0.1, 0.15) is 22.8 Å². The molecule has 13 heteroatoms. The van der Waals surface area contributed by atoms with Crippen LogP contribution in [0.3, 0.4) is 0 Å². The van der Waals surface area contributed by atoms with Gasteiger partial charge in [-0.05, 0) is 47.7 Å². The Bertz CT molecular complexity index is 1710. The summed E-state index contributed by atoms with van der Waals surface area (Å²) < 4.78 is 37.8. The minimum Gasteiger partial charge on any atom is -0.870 e. The summed E-state index contributed by atoms with van der Waals surface area (Å²) in [6.07, 6.45) is 0.336. The number of halogens is 2. The topological polar surface area (TPSA) is 140 Å². The molecule has 0 atom stereocenters. The van der Waals surface area contributed by atoms with Crippen molar-refractivity contribution in [3.8, 4) is 11.5 Å². The van der Waals surface area contributed by atoms with Gasteiger partial charge in [-0.25, -0.2) is 0 Å². The first-order valence-corrected chi connectivity index (χ1v) is 13.3. The number of hydrogen-bond donors (Lipinski definition) is 2. The molecule has 0 unspecified atom stereocenters. The molecule has 0 aliphatic carbocycles. The van der Waals surface area contributed by atoms with Gasteiger partial charge in [0.1, 0.15) is 10.6 Å². The second-order valence-corrected chi connectivity index (χ2v) is 10.3. The molecule has 1 amide bonds. The van der Waals surface area contributed by atoms with Crippen molar-refractivity contribution in [2.75, 3.05) is 12.4 Å². The number of carbonyl (C=O) groups excluding carboxylic acids is 1. The van der Waals surface area contributed by atoms with E-state index in [1.165, 1.54) is 31.4 Å². The van der Waals surface area contributed by atoms with Gasteiger partial charge in [-0.2, -0.15) is 18.6 Å². The van der Waals surface area contributed by atoms with E-state index in [-0.39, 0.29) is 62.2 Å². The third kappa shape index (κ3) is 6.72. The summed E-state index contributed by atoms with van der Waals surface area (Å²) in [5.74, 6) is -0.921. The summed E-state index contributed by atoms with van der Waals surface area (Å²) in [6, 6.07) is 15.4. The van der Waals surface area contributed by atoms with Crippen LogP contribution in [0.4, 0.5) is 17.1 Å². The monoisotopic (exact) mass is 595 g/mol. The number of ether oxygens (including phenoxy) is 1. The van der Waals surface area contributed by atoms with E-state index in [2.05, 4.69) is 15.5 Å². The van der Waals surface area contributed by atoms with Crippen molar-refractivity contribution in [3.05, 3.63) is 81.8 Å². The normalized spacial score (nSPS) is 11.4. The maximum atomic E-state index is 13.4. The van der Waals surface area contributed by atoms with E-state index in [1.807, 2.05) is 0 Å². The number of nitrogens with zero attached hydrogens (tertiary/aromatic N) is 2. The van der Waals surface area contributed by atoms with Crippen LogP contribution in [-0.2, 0) is 16.5 Å². The zero-order valence-electron chi connectivity index (χ0n) is 21.0. The number of rotatable bonds is 7. The first-order chi connectivity index (χ1) is 18.0. The van der Waals surface area contributed by atoms with Crippen molar-refractivity contribution in [2.24, 2.45) is 10.2 Å². The maximum Gasteiger partial charge on any atom is 1.00 e. The Labute approximate surface area is 256 Å². The van der Waals surface area contributed by atoms with Crippen LogP contribution in [0.15, 0.2) is 75.8 Å². The fraction of sp³-hybridized carbons (Fsp3) is 0.115. The standard InChI is InChI=1S/C26H21Cl2N3O6S.Na/c1-3-14-11-23(38(34,35)36)20(28)13-21(14)30-31-24-17-7-5-4-6-15(17)10-18(25(24)32)26(33)29-22-12-16(37-2)8-9-19(22)27;/h4-13,32H,3H2,1-2H3,(H,29,33)(H,34,35,36);/q;+1/p-1. The van der Waals surface area contributed by atoms with E-state index in [0.717, 1.165) is 0 Å². The molecule has 9 nitrogen and oxygen atoms in total. The summed E-state index contributed by atoms with van der Waals surface area (Å²) in [5, 5.41) is 25.4. The maximum absolute atomic E-state index is 13.4. The molecule has 0 radical (unpaired) electrons. The Kier molecular flexibility index (Phi) is 10.0. The number of fused-ring (bicyclic) bond motifs is 1. The molecule has 39 heavy (non-hydrogen) atoms. The molecule has 0 aliphatic heterocycles. The van der Waals surface area contributed by atoms with Gasteiger partial charge in [-0.1, -0.05) is 60.1 Å². The molecule has 4 rings (SSSR count). The van der Waals surface area contributed by atoms with E-state index in [4.69, 9.17) is 27.9 Å². The number of methoxy groups -OCH3 is 1. The van der Waals surface area contributed by atoms with Crippen molar-refractivity contribution in [3.63, 3.8) is 0 Å². The van der Waals surface area contributed by atoms with Gasteiger partial charge in [0.2, 0.25) is 0 Å². The number of azo groups is 1. The first-order valence-electron chi connectivity index (χ1n) is 11.1. The fourth-order valence-corrected chi connectivity index (χ4v) is 4.97. The van der Waals surface area contributed by atoms with E-state index in [9.17, 15) is 22.9 Å². The van der Waals surface area contributed by atoms with Gasteiger partial charge in [0.05, 0.1) is 34.2 Å². The van der Waals surface area contributed by atoms with Gasteiger partial charge in [-0.3, -0.25) is 9.35 Å². The summed E-state index contributed by atoms with van der Waals surface area (Å²) in [5.41, 5.74) is 0.595. The Hall–Kier alpha value is -2.70. The van der Waals surface area contributed by atoms with Crippen LogP contribution in [0.25, 0.3) is 10.8 Å². The van der Waals surface area contributed by atoms with Gasteiger partial charge >= 0.3 is 29.6 Å². The molecule has 0 bridgehead atoms. The van der Waals surface area contributed by atoms with Crippen molar-refractivity contribution >= 4 is 67.1 Å². The van der Waals surface area contributed by atoms with E-state index >= 15 is 0 Å². The number of aryl methyl sites for hydroxylation is 1. The molecular formula is C26H20Cl2N3NaO6S. The summed E-state index contributed by atoms with van der Waals surface area (Å²) >= 11 is 12.3. The summed E-state index contributed by atoms with van der Waals surface area (Å²) in [7, 11) is -3.08. The molecular weight excluding hydrogens is 576 g/mol. The van der Waals surface area contributed by atoms with Crippen LogP contribution in [-0.4, -0.2) is 26.0 Å². The second-order valence-electron chi connectivity index (χ2n) is 8.06. The van der Waals surface area contributed by atoms with Crippen LogP contribution >= 0.6 is 23.2 Å². The fourth-order valence-electron chi connectivity index (χ4n) is 3.76. The molecule has 0 saturated carbocycles. The van der Waals surface area contributed by atoms with E-state index < -0.39 is 26.7 Å². The number of hydrogen-bond acceptors (Lipinski definition) is 7. The summed E-state index contributed by atoms with van der Waals surface area (Å²) in [4.78, 5) is 12.7. The predicted octanol–water partition coefficient (Wildman–Crippen LogP) is 3.71.